The van der Waals surface area contributed by atoms with Crippen LogP contribution in [-0.4, -0.2) is 5.43 Å². The summed E-state index contributed by atoms with van der Waals surface area (Å²) in [6, 6.07) is 0. The summed E-state index contributed by atoms with van der Waals surface area (Å²) in [5.41, 5.74) is 0.210. The molecule has 1 aliphatic rings. The Bertz CT molecular complexity index is 131. The maximum atomic E-state index is 2.99. The molecule has 0 nitrogen and oxygen atoms in total. The normalized spacial score (nSPS) is 8.69. The Kier molecular flexibility index (Phi) is 52.1. The van der Waals surface area contributed by atoms with Gasteiger partial charge in [0, 0.05) is 0 Å². The van der Waals surface area contributed by atoms with Crippen molar-refractivity contribution in [2.45, 2.75) is 19.5 Å². The largest absolute Gasteiger partial charge is 0.358 e. The molecule has 0 bridgehead atoms. The van der Waals surface area contributed by atoms with Crippen LogP contribution in [-0.2, 0) is 23.3 Å². The molecule has 0 saturated heterocycles. The maximum Gasteiger partial charge on any atom is -0.109 e. The van der Waals surface area contributed by atoms with E-state index in [1.165, 1.54) is 0 Å². The predicted octanol–water partition coefficient (Wildman–Crippen LogP) is 3.83. The molecule has 13 heavy (non-hydrogen) atoms. The fourth-order valence-electron chi connectivity index (χ4n) is 0.340. The van der Waals surface area contributed by atoms with Gasteiger partial charge in [0.25, 0.3) is 0 Å². The van der Waals surface area contributed by atoms with Crippen LogP contribution >= 0.6 is 24.8 Å². The second kappa shape index (κ2) is 23.2. The van der Waals surface area contributed by atoms with Crippen molar-refractivity contribution < 1.29 is 23.3 Å². The minimum absolute atomic E-state index is 0. The van der Waals surface area contributed by atoms with Gasteiger partial charge in [-0.3, -0.25) is 6.08 Å². The van der Waals surface area contributed by atoms with Crippen molar-refractivity contribution in [3.8, 4) is 0 Å². The Morgan fingerprint density at radius 1 is 1.23 bits per heavy atom. The summed E-state index contributed by atoms with van der Waals surface area (Å²) in [5.74, 6) is 0. The van der Waals surface area contributed by atoms with E-state index in [1.807, 2.05) is 12.2 Å². The molecule has 0 saturated carbocycles. The molecule has 1 aliphatic carbocycles. The zero-order valence-electron chi connectivity index (χ0n) is 8.76. The van der Waals surface area contributed by atoms with Crippen LogP contribution in [0, 0.1) is 20.9 Å². The van der Waals surface area contributed by atoms with Crippen molar-refractivity contribution >= 4 is 30.2 Å². The van der Waals surface area contributed by atoms with Crippen molar-refractivity contribution in [2.75, 3.05) is 0 Å². The van der Waals surface area contributed by atoms with Crippen molar-refractivity contribution in [1.82, 2.24) is 0 Å². The predicted molar refractivity (Wildman–Crippen MR) is 66.4 cm³/mol. The standard InChI is InChI=1S/C5H5.C2H6Si.2CH3.2ClH.Zr/c1-2-4-5-3-1;1-3-2;;;;;/h1-3H,4H2;1-2H3;2*1H3;2*1H;/q-1;;2*-1;;;. The van der Waals surface area contributed by atoms with Crippen LogP contribution in [0.5, 0.6) is 0 Å². The van der Waals surface area contributed by atoms with Gasteiger partial charge in [0.05, 0.1) is 0 Å². The van der Waals surface area contributed by atoms with Gasteiger partial charge in [0.2, 0.25) is 0 Å². The zero-order chi connectivity index (χ0) is 7.11. The van der Waals surface area contributed by atoms with Crippen molar-refractivity contribution in [3.05, 3.63) is 39.2 Å². The fourth-order valence-corrected chi connectivity index (χ4v) is 0.340. The fraction of sp³-hybridized carbons (Fsp3) is 0.333. The van der Waals surface area contributed by atoms with Crippen LogP contribution < -0.4 is 0 Å². The molecule has 0 aromatic heterocycles. The van der Waals surface area contributed by atoms with E-state index in [0.29, 0.717) is 0 Å². The second-order valence-corrected chi connectivity index (χ2v) is 11.4. The van der Waals surface area contributed by atoms with Gasteiger partial charge in [-0.15, -0.1) is 31.2 Å². The number of rotatable bonds is 0. The van der Waals surface area contributed by atoms with Gasteiger partial charge in [-0.1, -0.05) is 0 Å². The van der Waals surface area contributed by atoms with Gasteiger partial charge in [-0.05, 0) is 0 Å². The minimum atomic E-state index is 0. The molecular weight excluding hydrogens is 298 g/mol. The number of hydrogen-bond donors (Lipinski definition) is 0. The van der Waals surface area contributed by atoms with E-state index in [0.717, 1.165) is 6.42 Å². The van der Waals surface area contributed by atoms with Crippen LogP contribution in [0.1, 0.15) is 6.42 Å². The molecule has 0 fully saturated rings. The molecule has 0 aromatic carbocycles. The summed E-state index contributed by atoms with van der Waals surface area (Å²) in [5, 5.41) is 0. The van der Waals surface area contributed by atoms with E-state index in [4.69, 9.17) is 0 Å². The van der Waals surface area contributed by atoms with Gasteiger partial charge in [-0.2, -0.15) is 6.08 Å². The van der Waals surface area contributed by atoms with Gasteiger partial charge in [-0.25, -0.2) is 12.2 Å². The van der Waals surface area contributed by atoms with E-state index in [-0.39, 0.29) is 45.1 Å². The summed E-state index contributed by atoms with van der Waals surface area (Å²) in [4.78, 5) is 0. The van der Waals surface area contributed by atoms with E-state index < -0.39 is 0 Å². The van der Waals surface area contributed by atoms with E-state index in [9.17, 15) is 0 Å². The third-order valence-electron chi connectivity index (χ3n) is 0.586. The molecule has 0 unspecified atom stereocenters. The minimum Gasteiger partial charge on any atom is -0.358 e. The van der Waals surface area contributed by atoms with E-state index in [2.05, 4.69) is 25.2 Å². The topological polar surface area (TPSA) is 0 Å². The number of halogens is 2. The van der Waals surface area contributed by atoms with Gasteiger partial charge >= 0.3 is 41.9 Å². The molecule has 0 spiro atoms. The first-order chi connectivity index (χ1) is 4.23. The van der Waals surface area contributed by atoms with Gasteiger partial charge in [0.1, 0.15) is 0 Å². The molecule has 80 valence electrons. The Hall–Kier alpha value is 1.16. The van der Waals surface area contributed by atoms with Crippen LogP contribution in [0.4, 0.5) is 0 Å². The summed E-state index contributed by atoms with van der Waals surface area (Å²) < 4.78 is 0. The Balaban J connectivity index is -0.0000000256. The smallest absolute Gasteiger partial charge is 0.109 e. The average Bonchev–Trinajstić information content (AvgIpc) is 2.11. The summed E-state index contributed by atoms with van der Waals surface area (Å²) in [6.07, 6.45) is 10.0. The van der Waals surface area contributed by atoms with Crippen LogP contribution in [0.2, 0.25) is 13.1 Å². The Labute approximate surface area is 111 Å². The molecule has 0 N–H and O–H groups in total. The average molecular weight is 317 g/mol. The summed E-state index contributed by atoms with van der Waals surface area (Å²) >= 11 is 1.74. The zero-order valence-corrected chi connectivity index (χ0v) is 13.8. The molecule has 0 aromatic rings. The summed E-state index contributed by atoms with van der Waals surface area (Å²) in [7, 11) is 0. The first-order valence-electron chi connectivity index (χ1n) is 2.97. The van der Waals surface area contributed by atoms with Gasteiger partial charge in [0.15, 0.2) is 0 Å². The molecule has 0 atom stereocenters. The molecule has 0 heterocycles. The first-order valence-corrected chi connectivity index (χ1v) is 9.15. The molecule has 0 amide bonds. The maximum absolute atomic E-state index is 2.99. The molecule has 0 aliphatic heterocycles. The number of allylic oxidation sites excluding steroid dienone is 4. The molecule has 1 rings (SSSR count). The summed E-state index contributed by atoms with van der Waals surface area (Å²) in [6.45, 7) is 4.62. The van der Waals surface area contributed by atoms with Crippen LogP contribution in [0.15, 0.2) is 18.2 Å². The van der Waals surface area contributed by atoms with Crippen LogP contribution in [0.25, 0.3) is 0 Å². The third kappa shape index (κ3) is 43.2. The first kappa shape index (κ1) is 29.2. The monoisotopic (exact) mass is 315 g/mol. The molecular formula is C9H19Cl2SiZr-3. The molecule has 4 heteroatoms. The Morgan fingerprint density at radius 3 is 1.69 bits per heavy atom. The van der Waals surface area contributed by atoms with Crippen molar-refractivity contribution in [2.24, 2.45) is 0 Å². The Morgan fingerprint density at radius 2 is 1.62 bits per heavy atom. The molecule has 0 radical (unpaired) electrons. The van der Waals surface area contributed by atoms with Crippen molar-refractivity contribution in [3.63, 3.8) is 0 Å². The SMILES string of the molecule is C[Si](C)=[Zr].Cl.Cl.[C-]1=CC=CC1.[CH3-].[CH3-]. The third-order valence-corrected chi connectivity index (χ3v) is 0.586. The van der Waals surface area contributed by atoms with Crippen molar-refractivity contribution in [1.29, 1.82) is 0 Å². The quantitative estimate of drug-likeness (QED) is 0.470. The van der Waals surface area contributed by atoms with Crippen LogP contribution in [0.3, 0.4) is 0 Å². The van der Waals surface area contributed by atoms with Gasteiger partial charge < -0.3 is 14.9 Å². The van der Waals surface area contributed by atoms with E-state index in [1.54, 1.807) is 23.3 Å². The number of hydrogen-bond acceptors (Lipinski definition) is 0. The van der Waals surface area contributed by atoms with E-state index >= 15 is 0 Å². The second-order valence-electron chi connectivity index (χ2n) is 2.00.